The summed E-state index contributed by atoms with van der Waals surface area (Å²) in [6.45, 7) is 2.61. The zero-order valence-electron chi connectivity index (χ0n) is 10.0. The zero-order valence-corrected chi connectivity index (χ0v) is 10.8. The number of anilines is 1. The topological polar surface area (TPSA) is 80.9 Å². The second-order valence-electron chi connectivity index (χ2n) is 4.64. The Kier molecular flexibility index (Phi) is 3.73. The van der Waals surface area contributed by atoms with Gasteiger partial charge in [0.25, 0.3) is 0 Å². The highest BCUT2D eigenvalue weighted by molar-refractivity contribution is 7.15. The van der Waals surface area contributed by atoms with Gasteiger partial charge in [-0.25, -0.2) is 0 Å². The number of nitrogens with two attached hydrogens (primary N) is 1. The number of aromatic nitrogens is 2. The summed E-state index contributed by atoms with van der Waals surface area (Å²) in [5.74, 6) is 0.00829. The van der Waals surface area contributed by atoms with Crippen molar-refractivity contribution in [3.63, 3.8) is 0 Å². The summed E-state index contributed by atoms with van der Waals surface area (Å²) in [7, 11) is 0. The quantitative estimate of drug-likeness (QED) is 0.835. The van der Waals surface area contributed by atoms with Crippen LogP contribution in [0.4, 0.5) is 5.13 Å². The highest BCUT2D eigenvalue weighted by Gasteiger charge is 2.37. The molecule has 1 aromatic heterocycles. The first-order valence-electron chi connectivity index (χ1n) is 6.00. The van der Waals surface area contributed by atoms with Gasteiger partial charge in [0.15, 0.2) is 0 Å². The van der Waals surface area contributed by atoms with E-state index in [1.165, 1.54) is 17.8 Å². The van der Waals surface area contributed by atoms with Gasteiger partial charge in [-0.15, -0.1) is 10.2 Å². The smallest absolute Gasteiger partial charge is 0.226 e. The van der Waals surface area contributed by atoms with Gasteiger partial charge in [0.2, 0.25) is 11.0 Å². The van der Waals surface area contributed by atoms with E-state index < -0.39 is 0 Å². The Morgan fingerprint density at radius 1 is 1.53 bits per heavy atom. The van der Waals surface area contributed by atoms with Crippen molar-refractivity contribution in [3.05, 3.63) is 5.01 Å². The molecule has 0 atom stereocenters. The van der Waals surface area contributed by atoms with E-state index in [1.807, 2.05) is 6.92 Å². The number of carbonyl (C=O) groups excluding carboxylic acids is 1. The molecule has 1 amide bonds. The van der Waals surface area contributed by atoms with Crippen LogP contribution >= 0.6 is 11.3 Å². The molecule has 0 radical (unpaired) electrons. The zero-order chi connectivity index (χ0) is 12.3. The largest absolute Gasteiger partial charge is 0.330 e. The minimum Gasteiger partial charge on any atom is -0.330 e. The number of nitrogens with zero attached hydrogens (tertiary/aromatic N) is 2. The van der Waals surface area contributed by atoms with Gasteiger partial charge in [-0.05, 0) is 31.2 Å². The number of aryl methyl sites for hydroxylation is 1. The summed E-state index contributed by atoms with van der Waals surface area (Å²) < 4.78 is 0. The molecule has 0 bridgehead atoms. The number of nitrogens with one attached hydrogen (secondary N) is 1. The van der Waals surface area contributed by atoms with Crippen molar-refractivity contribution >= 4 is 22.4 Å². The molecule has 0 unspecified atom stereocenters. The standard InChI is InChI=1S/C11H18N4OS/c1-2-9-14-15-10(17-9)13-8(16)6-11(7-12)4-3-5-11/h2-7,12H2,1H3,(H,13,15,16). The lowest BCUT2D eigenvalue weighted by molar-refractivity contribution is -0.119. The molecule has 17 heavy (non-hydrogen) atoms. The van der Waals surface area contributed by atoms with E-state index in [2.05, 4.69) is 15.5 Å². The molecule has 1 aromatic rings. The first-order chi connectivity index (χ1) is 8.17. The summed E-state index contributed by atoms with van der Waals surface area (Å²) >= 11 is 1.44. The van der Waals surface area contributed by atoms with Crippen LogP contribution < -0.4 is 11.1 Å². The maximum Gasteiger partial charge on any atom is 0.226 e. The monoisotopic (exact) mass is 254 g/mol. The molecule has 1 aliphatic carbocycles. The fourth-order valence-corrected chi connectivity index (χ4v) is 2.78. The van der Waals surface area contributed by atoms with E-state index >= 15 is 0 Å². The molecule has 0 saturated heterocycles. The Labute approximate surface area is 105 Å². The second-order valence-corrected chi connectivity index (χ2v) is 5.70. The summed E-state index contributed by atoms with van der Waals surface area (Å²) in [6.07, 6.45) is 4.66. The van der Waals surface area contributed by atoms with Crippen molar-refractivity contribution in [2.45, 2.75) is 39.0 Å². The first-order valence-corrected chi connectivity index (χ1v) is 6.81. The number of carbonyl (C=O) groups is 1. The Hall–Kier alpha value is -1.01. The number of amides is 1. The summed E-state index contributed by atoms with van der Waals surface area (Å²) in [5, 5.41) is 12.2. The van der Waals surface area contributed by atoms with E-state index in [0.29, 0.717) is 18.1 Å². The molecule has 0 aliphatic heterocycles. The third kappa shape index (κ3) is 2.81. The molecule has 0 spiro atoms. The van der Waals surface area contributed by atoms with E-state index in [4.69, 9.17) is 5.73 Å². The van der Waals surface area contributed by atoms with Crippen molar-refractivity contribution in [2.24, 2.45) is 11.1 Å². The Bertz CT molecular complexity index is 394. The predicted molar refractivity (Wildman–Crippen MR) is 67.9 cm³/mol. The maximum absolute atomic E-state index is 11.8. The van der Waals surface area contributed by atoms with E-state index in [0.717, 1.165) is 24.3 Å². The van der Waals surface area contributed by atoms with Crippen molar-refractivity contribution in [3.8, 4) is 0 Å². The molecule has 0 aromatic carbocycles. The minimum atomic E-state index is 0.00829. The van der Waals surface area contributed by atoms with Gasteiger partial charge < -0.3 is 11.1 Å². The molecule has 6 heteroatoms. The van der Waals surface area contributed by atoms with Crippen LogP contribution in [0.25, 0.3) is 0 Å². The third-order valence-electron chi connectivity index (χ3n) is 3.40. The number of hydrogen-bond acceptors (Lipinski definition) is 5. The lowest BCUT2D eigenvalue weighted by atomic mass is 9.66. The van der Waals surface area contributed by atoms with Crippen LogP contribution in [0.5, 0.6) is 0 Å². The molecule has 3 N–H and O–H groups in total. The van der Waals surface area contributed by atoms with Crippen LogP contribution in [0.3, 0.4) is 0 Å². The maximum atomic E-state index is 11.8. The molecule has 2 rings (SSSR count). The van der Waals surface area contributed by atoms with Crippen LogP contribution in [0, 0.1) is 5.41 Å². The highest BCUT2D eigenvalue weighted by Crippen LogP contribution is 2.43. The van der Waals surface area contributed by atoms with Gasteiger partial charge in [0, 0.05) is 6.42 Å². The third-order valence-corrected chi connectivity index (χ3v) is 4.38. The first kappa shape index (κ1) is 12.4. The van der Waals surface area contributed by atoms with Gasteiger partial charge in [-0.2, -0.15) is 0 Å². The molecule has 94 valence electrons. The summed E-state index contributed by atoms with van der Waals surface area (Å²) in [6, 6.07) is 0. The van der Waals surface area contributed by atoms with E-state index in [9.17, 15) is 4.79 Å². The molecule has 5 nitrogen and oxygen atoms in total. The minimum absolute atomic E-state index is 0.00829. The molecule has 1 saturated carbocycles. The van der Waals surface area contributed by atoms with Crippen LogP contribution in [0.1, 0.15) is 37.6 Å². The lowest BCUT2D eigenvalue weighted by Crippen LogP contribution is -2.40. The Morgan fingerprint density at radius 2 is 2.29 bits per heavy atom. The fourth-order valence-electron chi connectivity index (χ4n) is 2.08. The SMILES string of the molecule is CCc1nnc(NC(=O)CC2(CN)CCC2)s1. The van der Waals surface area contributed by atoms with Crippen LogP contribution in [-0.2, 0) is 11.2 Å². The normalized spacial score (nSPS) is 17.5. The summed E-state index contributed by atoms with van der Waals surface area (Å²) in [4.78, 5) is 11.8. The van der Waals surface area contributed by atoms with Crippen LogP contribution in [-0.4, -0.2) is 22.6 Å². The highest BCUT2D eigenvalue weighted by atomic mass is 32.1. The molecule has 1 heterocycles. The predicted octanol–water partition coefficient (Wildman–Crippen LogP) is 1.56. The average Bonchev–Trinajstić information content (AvgIpc) is 2.71. The van der Waals surface area contributed by atoms with Gasteiger partial charge in [-0.1, -0.05) is 24.7 Å². The Balaban J connectivity index is 1.88. The molecular formula is C11H18N4OS. The summed E-state index contributed by atoms with van der Waals surface area (Å²) in [5.41, 5.74) is 5.77. The fraction of sp³-hybridized carbons (Fsp3) is 0.727. The van der Waals surface area contributed by atoms with Gasteiger partial charge in [0.1, 0.15) is 5.01 Å². The van der Waals surface area contributed by atoms with E-state index in [-0.39, 0.29) is 11.3 Å². The number of hydrogen-bond donors (Lipinski definition) is 2. The second kappa shape index (κ2) is 5.10. The van der Waals surface area contributed by atoms with Crippen molar-refractivity contribution in [1.29, 1.82) is 0 Å². The number of rotatable bonds is 5. The average molecular weight is 254 g/mol. The van der Waals surface area contributed by atoms with E-state index in [1.54, 1.807) is 0 Å². The van der Waals surface area contributed by atoms with Gasteiger partial charge in [-0.3, -0.25) is 4.79 Å². The molecular weight excluding hydrogens is 236 g/mol. The molecule has 1 fully saturated rings. The molecule has 1 aliphatic rings. The van der Waals surface area contributed by atoms with Crippen molar-refractivity contribution in [2.75, 3.05) is 11.9 Å². The van der Waals surface area contributed by atoms with Crippen LogP contribution in [0.2, 0.25) is 0 Å². The Morgan fingerprint density at radius 3 is 2.76 bits per heavy atom. The van der Waals surface area contributed by atoms with Crippen molar-refractivity contribution < 1.29 is 4.79 Å². The lowest BCUT2D eigenvalue weighted by Gasteiger charge is -2.40. The van der Waals surface area contributed by atoms with Crippen LogP contribution in [0.15, 0.2) is 0 Å². The van der Waals surface area contributed by atoms with Gasteiger partial charge in [0.05, 0.1) is 0 Å². The van der Waals surface area contributed by atoms with Gasteiger partial charge >= 0.3 is 0 Å². The van der Waals surface area contributed by atoms with Crippen molar-refractivity contribution in [1.82, 2.24) is 10.2 Å².